The Hall–Kier alpha value is -2.14. The molecule has 92 valence electrons. The van der Waals surface area contributed by atoms with Crippen LogP contribution in [0, 0.1) is 0 Å². The summed E-state index contributed by atoms with van der Waals surface area (Å²) in [5, 5.41) is 0. The van der Waals surface area contributed by atoms with Crippen molar-refractivity contribution in [2.24, 2.45) is 0 Å². The monoisotopic (exact) mass is 262 g/mol. The number of esters is 1. The SMILES string of the molecule is O=C(Oc1ccc([SH](=O)=O)cc1)c1ccccc1. The summed E-state index contributed by atoms with van der Waals surface area (Å²) in [6.07, 6.45) is 0. The number of hydrogen-bond acceptors (Lipinski definition) is 4. The van der Waals surface area contributed by atoms with Gasteiger partial charge in [-0.1, -0.05) is 18.2 Å². The third-order valence-corrected chi connectivity index (χ3v) is 2.99. The maximum Gasteiger partial charge on any atom is 0.343 e. The number of rotatable bonds is 3. The van der Waals surface area contributed by atoms with Crippen molar-refractivity contribution in [3.8, 4) is 5.75 Å². The topological polar surface area (TPSA) is 60.4 Å². The predicted octanol–water partition coefficient (Wildman–Crippen LogP) is 1.88. The fourth-order valence-electron chi connectivity index (χ4n) is 1.38. The molecule has 2 rings (SSSR count). The Kier molecular flexibility index (Phi) is 3.74. The maximum absolute atomic E-state index is 11.7. The second-order valence-electron chi connectivity index (χ2n) is 3.51. The van der Waals surface area contributed by atoms with Crippen LogP contribution in [0.5, 0.6) is 5.75 Å². The summed E-state index contributed by atoms with van der Waals surface area (Å²) in [5.41, 5.74) is 0.441. The lowest BCUT2D eigenvalue weighted by Gasteiger charge is -2.03. The predicted molar refractivity (Wildman–Crippen MR) is 66.4 cm³/mol. The quantitative estimate of drug-likeness (QED) is 0.521. The number of benzene rings is 2. The zero-order chi connectivity index (χ0) is 13.0. The molecule has 0 fully saturated rings. The first-order valence-corrected chi connectivity index (χ1v) is 6.36. The normalized spacial score (nSPS) is 10.3. The van der Waals surface area contributed by atoms with Gasteiger partial charge < -0.3 is 4.74 Å². The molecule has 0 aliphatic carbocycles. The van der Waals surface area contributed by atoms with E-state index in [0.29, 0.717) is 11.3 Å². The molecule has 0 amide bonds. The summed E-state index contributed by atoms with van der Waals surface area (Å²) < 4.78 is 26.5. The van der Waals surface area contributed by atoms with Crippen molar-refractivity contribution in [2.45, 2.75) is 4.90 Å². The lowest BCUT2D eigenvalue weighted by molar-refractivity contribution is 0.0734. The highest BCUT2D eigenvalue weighted by Crippen LogP contribution is 2.14. The minimum atomic E-state index is -2.61. The van der Waals surface area contributed by atoms with Gasteiger partial charge in [0.15, 0.2) is 10.7 Å². The van der Waals surface area contributed by atoms with Gasteiger partial charge >= 0.3 is 5.97 Å². The first kappa shape index (κ1) is 12.3. The van der Waals surface area contributed by atoms with Gasteiger partial charge in [-0.3, -0.25) is 0 Å². The van der Waals surface area contributed by atoms with E-state index in [2.05, 4.69) is 0 Å². The number of carbonyl (C=O) groups excluding carboxylic acids is 1. The summed E-state index contributed by atoms with van der Waals surface area (Å²) in [4.78, 5) is 11.9. The standard InChI is InChI=1S/C13H10O4S/c14-13(10-4-2-1-3-5-10)17-11-6-8-12(9-7-11)18(15)16/h1-9,18H. The third-order valence-electron chi connectivity index (χ3n) is 2.27. The van der Waals surface area contributed by atoms with E-state index in [1.807, 2.05) is 0 Å². The number of ether oxygens (including phenoxy) is 1. The zero-order valence-corrected chi connectivity index (χ0v) is 10.2. The lowest BCUT2D eigenvalue weighted by Crippen LogP contribution is -2.07. The molecule has 18 heavy (non-hydrogen) atoms. The molecule has 0 saturated carbocycles. The molecule has 0 atom stereocenters. The lowest BCUT2D eigenvalue weighted by atomic mass is 10.2. The molecule has 2 aromatic carbocycles. The summed E-state index contributed by atoms with van der Waals surface area (Å²) >= 11 is 0. The molecule has 0 heterocycles. The van der Waals surface area contributed by atoms with E-state index in [1.165, 1.54) is 24.3 Å². The molecular weight excluding hydrogens is 252 g/mol. The van der Waals surface area contributed by atoms with Gasteiger partial charge in [0.25, 0.3) is 0 Å². The van der Waals surface area contributed by atoms with E-state index in [-0.39, 0.29) is 4.90 Å². The minimum Gasteiger partial charge on any atom is -0.423 e. The number of thiol groups is 1. The fourth-order valence-corrected chi connectivity index (χ4v) is 1.77. The van der Waals surface area contributed by atoms with Gasteiger partial charge in [0.2, 0.25) is 0 Å². The minimum absolute atomic E-state index is 0.185. The molecule has 5 heteroatoms. The first-order valence-electron chi connectivity index (χ1n) is 5.18. The van der Waals surface area contributed by atoms with Crippen LogP contribution in [0.4, 0.5) is 0 Å². The molecule has 0 spiro atoms. The Morgan fingerprint density at radius 2 is 1.50 bits per heavy atom. The van der Waals surface area contributed by atoms with Crippen LogP contribution in [-0.4, -0.2) is 14.4 Å². The fraction of sp³-hybridized carbons (Fsp3) is 0. The average Bonchev–Trinajstić information content (AvgIpc) is 2.40. The van der Waals surface area contributed by atoms with E-state index in [4.69, 9.17) is 4.74 Å². The Bertz CT molecular complexity index is 607. The maximum atomic E-state index is 11.7. The third kappa shape index (κ3) is 2.95. The molecule has 0 aromatic heterocycles. The Morgan fingerprint density at radius 3 is 2.06 bits per heavy atom. The van der Waals surface area contributed by atoms with Crippen molar-refractivity contribution in [2.75, 3.05) is 0 Å². The summed E-state index contributed by atoms with van der Waals surface area (Å²) in [6, 6.07) is 14.2. The van der Waals surface area contributed by atoms with Crippen molar-refractivity contribution in [1.82, 2.24) is 0 Å². The van der Waals surface area contributed by atoms with E-state index in [0.717, 1.165) is 0 Å². The van der Waals surface area contributed by atoms with E-state index in [1.54, 1.807) is 30.3 Å². The van der Waals surface area contributed by atoms with E-state index < -0.39 is 16.7 Å². The molecule has 0 bridgehead atoms. The largest absolute Gasteiger partial charge is 0.423 e. The zero-order valence-electron chi connectivity index (χ0n) is 9.28. The van der Waals surface area contributed by atoms with E-state index >= 15 is 0 Å². The highest BCUT2D eigenvalue weighted by atomic mass is 32.2. The van der Waals surface area contributed by atoms with Gasteiger partial charge in [-0.15, -0.1) is 0 Å². The van der Waals surface area contributed by atoms with Crippen LogP contribution in [0.3, 0.4) is 0 Å². The van der Waals surface area contributed by atoms with Crippen LogP contribution < -0.4 is 4.74 Å². The van der Waals surface area contributed by atoms with Crippen LogP contribution >= 0.6 is 0 Å². The highest BCUT2D eigenvalue weighted by Gasteiger charge is 2.07. The Morgan fingerprint density at radius 1 is 0.889 bits per heavy atom. The summed E-state index contributed by atoms with van der Waals surface area (Å²) in [6.45, 7) is 0. The molecule has 0 radical (unpaired) electrons. The van der Waals surface area contributed by atoms with Gasteiger partial charge in [-0.2, -0.15) is 0 Å². The first-order chi connectivity index (χ1) is 8.66. The molecule has 0 unspecified atom stereocenters. The molecule has 4 nitrogen and oxygen atoms in total. The van der Waals surface area contributed by atoms with Crippen LogP contribution in [0.1, 0.15) is 10.4 Å². The van der Waals surface area contributed by atoms with Crippen LogP contribution in [0.25, 0.3) is 0 Å². The summed E-state index contributed by atoms with van der Waals surface area (Å²) in [5.74, 6) is -0.167. The van der Waals surface area contributed by atoms with Gasteiger partial charge in [0.1, 0.15) is 5.75 Å². The molecule has 0 aliphatic heterocycles. The van der Waals surface area contributed by atoms with Crippen LogP contribution in [-0.2, 0) is 10.7 Å². The van der Waals surface area contributed by atoms with Crippen molar-refractivity contribution in [3.05, 3.63) is 60.2 Å². The molecule has 0 N–H and O–H groups in total. The van der Waals surface area contributed by atoms with Crippen molar-refractivity contribution in [1.29, 1.82) is 0 Å². The highest BCUT2D eigenvalue weighted by molar-refractivity contribution is 7.72. The smallest absolute Gasteiger partial charge is 0.343 e. The molecule has 0 saturated heterocycles. The van der Waals surface area contributed by atoms with Crippen LogP contribution in [0.2, 0.25) is 0 Å². The van der Waals surface area contributed by atoms with Crippen LogP contribution in [0.15, 0.2) is 59.5 Å². The van der Waals surface area contributed by atoms with E-state index in [9.17, 15) is 13.2 Å². The van der Waals surface area contributed by atoms with Gasteiger partial charge in [0.05, 0.1) is 10.5 Å². The molecule has 2 aromatic rings. The van der Waals surface area contributed by atoms with Crippen molar-refractivity contribution >= 4 is 16.7 Å². The second kappa shape index (κ2) is 5.46. The van der Waals surface area contributed by atoms with Gasteiger partial charge in [0, 0.05) is 0 Å². The van der Waals surface area contributed by atoms with Crippen molar-refractivity contribution < 1.29 is 17.9 Å². The Balaban J connectivity index is 2.13. The molecule has 0 aliphatic rings. The summed E-state index contributed by atoms with van der Waals surface area (Å²) in [7, 11) is -2.61. The average molecular weight is 262 g/mol. The number of carbonyl (C=O) groups is 1. The second-order valence-corrected chi connectivity index (χ2v) is 4.54. The van der Waals surface area contributed by atoms with Gasteiger partial charge in [-0.05, 0) is 36.4 Å². The Labute approximate surface area is 106 Å². The molecular formula is C13H10O4S. The number of hydrogen-bond donors (Lipinski definition) is 1. The van der Waals surface area contributed by atoms with Crippen molar-refractivity contribution in [3.63, 3.8) is 0 Å². The van der Waals surface area contributed by atoms with Gasteiger partial charge in [-0.25, -0.2) is 13.2 Å².